The molecule has 1 aliphatic rings. The van der Waals surface area contributed by atoms with Crippen LogP contribution in [0, 0.1) is 24.2 Å². The number of carbonyl (C=O) groups is 1. The molecular weight excluding hydrogens is 286 g/mol. The minimum Gasteiger partial charge on any atom is -0.322 e. The number of amides is 2. The van der Waals surface area contributed by atoms with E-state index in [1.807, 2.05) is 13.0 Å². The molecule has 2 rings (SSSR count). The van der Waals surface area contributed by atoms with Gasteiger partial charge in [-0.3, -0.25) is 0 Å². The van der Waals surface area contributed by atoms with Crippen LogP contribution in [0.25, 0.3) is 0 Å². The molecule has 1 saturated carbocycles. The number of carbonyl (C=O) groups excluding carboxylic acids is 1. The third-order valence-electron chi connectivity index (χ3n) is 3.98. The van der Waals surface area contributed by atoms with Gasteiger partial charge in [-0.05, 0) is 43.4 Å². The Labute approximate surface area is 130 Å². The Morgan fingerprint density at radius 3 is 2.71 bits per heavy atom. The van der Waals surface area contributed by atoms with E-state index in [9.17, 15) is 10.1 Å². The topological polar surface area (TPSA) is 64.9 Å². The Kier molecular flexibility index (Phi) is 5.46. The summed E-state index contributed by atoms with van der Waals surface area (Å²) >= 11 is 6.03. The molecule has 0 bridgehead atoms. The lowest BCUT2D eigenvalue weighted by Crippen LogP contribution is -2.42. The smallest absolute Gasteiger partial charge is 0.320 e. The number of nitrogens with zero attached hydrogens (tertiary/aromatic N) is 1. The molecule has 0 spiro atoms. The standard InChI is InChI=1S/C16H20ClN3O/c1-11-7-8-13(9-14(11)17)19-16(21)20-15(10-18)12-5-3-2-4-6-12/h7-9,12,15H,2-6H2,1H3,(H2,19,20,21). The fourth-order valence-electron chi connectivity index (χ4n) is 2.70. The molecule has 5 heteroatoms. The SMILES string of the molecule is Cc1ccc(NC(=O)NC(C#N)C2CCCCC2)cc1Cl. The molecular formula is C16H20ClN3O. The van der Waals surface area contributed by atoms with Gasteiger partial charge in [0.05, 0.1) is 6.07 Å². The van der Waals surface area contributed by atoms with E-state index >= 15 is 0 Å². The molecule has 1 unspecified atom stereocenters. The van der Waals surface area contributed by atoms with Crippen LogP contribution in [-0.4, -0.2) is 12.1 Å². The summed E-state index contributed by atoms with van der Waals surface area (Å²) in [6, 6.07) is 6.78. The van der Waals surface area contributed by atoms with E-state index in [4.69, 9.17) is 11.6 Å². The average molecular weight is 306 g/mol. The number of anilines is 1. The van der Waals surface area contributed by atoms with Crippen molar-refractivity contribution in [3.05, 3.63) is 28.8 Å². The largest absolute Gasteiger partial charge is 0.322 e. The maximum absolute atomic E-state index is 12.0. The Bertz CT molecular complexity index is 547. The summed E-state index contributed by atoms with van der Waals surface area (Å²) in [7, 11) is 0. The number of hydrogen-bond donors (Lipinski definition) is 2. The quantitative estimate of drug-likeness (QED) is 0.877. The molecule has 0 heterocycles. The lowest BCUT2D eigenvalue weighted by Gasteiger charge is -2.26. The number of nitriles is 1. The molecule has 21 heavy (non-hydrogen) atoms. The Hall–Kier alpha value is -1.73. The maximum atomic E-state index is 12.0. The molecule has 2 amide bonds. The van der Waals surface area contributed by atoms with E-state index in [-0.39, 0.29) is 11.9 Å². The Morgan fingerprint density at radius 2 is 2.10 bits per heavy atom. The highest BCUT2D eigenvalue weighted by Crippen LogP contribution is 2.26. The second-order valence-corrected chi connectivity index (χ2v) is 5.97. The average Bonchev–Trinajstić information content (AvgIpc) is 2.49. The summed E-state index contributed by atoms with van der Waals surface area (Å²) < 4.78 is 0. The summed E-state index contributed by atoms with van der Waals surface area (Å²) in [6.45, 7) is 1.90. The van der Waals surface area contributed by atoms with Crippen molar-refractivity contribution < 1.29 is 4.79 Å². The van der Waals surface area contributed by atoms with Gasteiger partial charge in [0.1, 0.15) is 6.04 Å². The molecule has 1 aliphatic carbocycles. The van der Waals surface area contributed by atoms with Gasteiger partial charge in [-0.15, -0.1) is 0 Å². The van der Waals surface area contributed by atoms with Crippen LogP contribution < -0.4 is 10.6 Å². The van der Waals surface area contributed by atoms with Gasteiger partial charge in [0.15, 0.2) is 0 Å². The monoisotopic (exact) mass is 305 g/mol. The van der Waals surface area contributed by atoms with Gasteiger partial charge in [0.2, 0.25) is 0 Å². The number of urea groups is 1. The number of nitrogens with one attached hydrogen (secondary N) is 2. The molecule has 4 nitrogen and oxygen atoms in total. The Balaban J connectivity index is 1.93. The van der Waals surface area contributed by atoms with Crippen molar-refractivity contribution >= 4 is 23.3 Å². The summed E-state index contributed by atoms with van der Waals surface area (Å²) in [6.07, 6.45) is 5.52. The van der Waals surface area contributed by atoms with Crippen LogP contribution in [0.5, 0.6) is 0 Å². The van der Waals surface area contributed by atoms with Gasteiger partial charge < -0.3 is 10.6 Å². The summed E-state index contributed by atoms with van der Waals surface area (Å²) in [5, 5.41) is 15.4. The molecule has 0 saturated heterocycles. The van der Waals surface area contributed by atoms with Crippen LogP contribution in [0.4, 0.5) is 10.5 Å². The normalized spacial score (nSPS) is 16.8. The molecule has 0 radical (unpaired) electrons. The van der Waals surface area contributed by atoms with Crippen molar-refractivity contribution in [3.8, 4) is 6.07 Å². The van der Waals surface area contributed by atoms with Crippen molar-refractivity contribution in [2.75, 3.05) is 5.32 Å². The first-order chi connectivity index (χ1) is 10.1. The molecule has 0 aliphatic heterocycles. The van der Waals surface area contributed by atoms with E-state index in [1.165, 1.54) is 6.42 Å². The van der Waals surface area contributed by atoms with E-state index in [1.54, 1.807) is 12.1 Å². The van der Waals surface area contributed by atoms with Crippen molar-refractivity contribution in [2.24, 2.45) is 5.92 Å². The lowest BCUT2D eigenvalue weighted by atomic mass is 9.84. The van der Waals surface area contributed by atoms with Gasteiger partial charge in [0, 0.05) is 10.7 Å². The molecule has 112 valence electrons. The number of rotatable bonds is 3. The van der Waals surface area contributed by atoms with Crippen molar-refractivity contribution in [2.45, 2.75) is 45.1 Å². The van der Waals surface area contributed by atoms with E-state index in [2.05, 4.69) is 16.7 Å². The molecule has 0 aromatic heterocycles. The van der Waals surface area contributed by atoms with Crippen molar-refractivity contribution in [1.29, 1.82) is 5.26 Å². The Morgan fingerprint density at radius 1 is 1.38 bits per heavy atom. The van der Waals surface area contributed by atoms with Gasteiger partial charge in [0.25, 0.3) is 0 Å². The lowest BCUT2D eigenvalue weighted by molar-refractivity contribution is 0.241. The number of halogens is 1. The second kappa shape index (κ2) is 7.33. The van der Waals surface area contributed by atoms with E-state index in [0.717, 1.165) is 31.2 Å². The summed E-state index contributed by atoms with van der Waals surface area (Å²) in [4.78, 5) is 12.0. The van der Waals surface area contributed by atoms with Crippen LogP contribution in [0.3, 0.4) is 0 Å². The van der Waals surface area contributed by atoms with Crippen LogP contribution in [0.15, 0.2) is 18.2 Å². The molecule has 2 N–H and O–H groups in total. The number of aryl methyl sites for hydroxylation is 1. The van der Waals surface area contributed by atoms with E-state index in [0.29, 0.717) is 10.7 Å². The van der Waals surface area contributed by atoms with Gasteiger partial charge >= 0.3 is 6.03 Å². The highest BCUT2D eigenvalue weighted by molar-refractivity contribution is 6.31. The first-order valence-electron chi connectivity index (χ1n) is 7.33. The van der Waals surface area contributed by atoms with Gasteiger partial charge in [-0.1, -0.05) is 36.9 Å². The molecule has 1 fully saturated rings. The maximum Gasteiger partial charge on any atom is 0.320 e. The zero-order valence-corrected chi connectivity index (χ0v) is 12.9. The highest BCUT2D eigenvalue weighted by Gasteiger charge is 2.24. The highest BCUT2D eigenvalue weighted by atomic mass is 35.5. The van der Waals surface area contributed by atoms with Crippen LogP contribution in [-0.2, 0) is 0 Å². The molecule has 1 aromatic carbocycles. The predicted octanol–water partition coefficient (Wildman–Crippen LogP) is 4.24. The second-order valence-electron chi connectivity index (χ2n) is 5.57. The first kappa shape index (κ1) is 15.7. The van der Waals surface area contributed by atoms with E-state index < -0.39 is 6.04 Å². The van der Waals surface area contributed by atoms with Gasteiger partial charge in [-0.2, -0.15) is 5.26 Å². The minimum atomic E-state index is -0.425. The third kappa shape index (κ3) is 4.37. The fraction of sp³-hybridized carbons (Fsp3) is 0.500. The molecule has 1 atom stereocenters. The van der Waals surface area contributed by atoms with Crippen LogP contribution >= 0.6 is 11.6 Å². The predicted molar refractivity (Wildman–Crippen MR) is 84.3 cm³/mol. The zero-order valence-electron chi connectivity index (χ0n) is 12.2. The van der Waals surface area contributed by atoms with Crippen LogP contribution in [0.1, 0.15) is 37.7 Å². The fourth-order valence-corrected chi connectivity index (χ4v) is 2.88. The number of hydrogen-bond acceptors (Lipinski definition) is 2. The van der Waals surface area contributed by atoms with Gasteiger partial charge in [-0.25, -0.2) is 4.79 Å². The molecule has 1 aromatic rings. The first-order valence-corrected chi connectivity index (χ1v) is 7.71. The summed E-state index contributed by atoms with van der Waals surface area (Å²) in [5.74, 6) is 0.260. The zero-order chi connectivity index (χ0) is 15.2. The van der Waals surface area contributed by atoms with Crippen LogP contribution in [0.2, 0.25) is 5.02 Å². The third-order valence-corrected chi connectivity index (χ3v) is 4.38. The van der Waals surface area contributed by atoms with Crippen molar-refractivity contribution in [1.82, 2.24) is 5.32 Å². The minimum absolute atomic E-state index is 0.260. The van der Waals surface area contributed by atoms with Crippen molar-refractivity contribution in [3.63, 3.8) is 0 Å². The number of benzene rings is 1. The summed E-state index contributed by atoms with van der Waals surface area (Å²) in [5.41, 5.74) is 1.59.